The van der Waals surface area contributed by atoms with E-state index in [9.17, 15) is 0 Å². The zero-order valence-electron chi connectivity index (χ0n) is 10.2. The van der Waals surface area contributed by atoms with Gasteiger partial charge in [-0.2, -0.15) is 0 Å². The van der Waals surface area contributed by atoms with Crippen LogP contribution in [0, 0.1) is 0 Å². The fourth-order valence-electron chi connectivity index (χ4n) is 2.73. The van der Waals surface area contributed by atoms with Crippen molar-refractivity contribution in [3.8, 4) is 0 Å². The van der Waals surface area contributed by atoms with E-state index in [-0.39, 0.29) is 0 Å². The second kappa shape index (κ2) is 4.45. The molecule has 0 spiro atoms. The van der Waals surface area contributed by atoms with Crippen molar-refractivity contribution >= 4 is 5.78 Å². The van der Waals surface area contributed by atoms with Crippen molar-refractivity contribution in [2.45, 2.75) is 32.1 Å². The first-order chi connectivity index (χ1) is 8.40. The van der Waals surface area contributed by atoms with Gasteiger partial charge in [0, 0.05) is 24.9 Å². The molecular weight excluding hydrogens is 212 g/mol. The smallest absolute Gasteiger partial charge is 0.234 e. The molecule has 1 aliphatic heterocycles. The van der Waals surface area contributed by atoms with Gasteiger partial charge in [0.15, 0.2) is 0 Å². The predicted molar refractivity (Wildman–Crippen MR) is 67.2 cm³/mol. The number of fused-ring (bicyclic) bond motifs is 1. The molecule has 0 radical (unpaired) electrons. The minimum absolute atomic E-state index is 0.581. The zero-order valence-corrected chi connectivity index (χ0v) is 10.2. The van der Waals surface area contributed by atoms with Crippen LogP contribution in [0.3, 0.4) is 0 Å². The van der Waals surface area contributed by atoms with Crippen LogP contribution >= 0.6 is 0 Å². The van der Waals surface area contributed by atoms with Crippen molar-refractivity contribution in [3.05, 3.63) is 29.8 Å². The van der Waals surface area contributed by atoms with E-state index in [1.54, 1.807) is 0 Å². The van der Waals surface area contributed by atoms with Gasteiger partial charge >= 0.3 is 0 Å². The molecule has 3 heterocycles. The third kappa shape index (κ3) is 1.82. The minimum atomic E-state index is 0.581. The van der Waals surface area contributed by atoms with E-state index in [4.69, 9.17) is 0 Å². The van der Waals surface area contributed by atoms with E-state index < -0.39 is 0 Å². The van der Waals surface area contributed by atoms with Crippen LogP contribution in [0.25, 0.3) is 5.78 Å². The second-order valence-corrected chi connectivity index (χ2v) is 4.63. The molecule has 1 N–H and O–H groups in total. The fourth-order valence-corrected chi connectivity index (χ4v) is 2.73. The Hall–Kier alpha value is -1.42. The molecular formula is C13H18N4. The lowest BCUT2D eigenvalue weighted by atomic mass is 9.94. The van der Waals surface area contributed by atoms with Crippen molar-refractivity contribution < 1.29 is 0 Å². The van der Waals surface area contributed by atoms with E-state index >= 15 is 0 Å². The molecule has 1 saturated heterocycles. The summed E-state index contributed by atoms with van der Waals surface area (Å²) in [5.41, 5.74) is 2.57. The second-order valence-electron chi connectivity index (χ2n) is 4.63. The molecule has 90 valence electrons. The molecule has 4 nitrogen and oxygen atoms in total. The third-order valence-corrected chi connectivity index (χ3v) is 3.54. The number of piperidine rings is 1. The summed E-state index contributed by atoms with van der Waals surface area (Å²) < 4.78 is 2.16. The number of hydrogen-bond donors (Lipinski definition) is 1. The van der Waals surface area contributed by atoms with Crippen LogP contribution < -0.4 is 5.32 Å². The summed E-state index contributed by atoms with van der Waals surface area (Å²) in [6.45, 7) is 4.38. The van der Waals surface area contributed by atoms with Crippen molar-refractivity contribution in [2.75, 3.05) is 13.1 Å². The van der Waals surface area contributed by atoms with Crippen LogP contribution in [0.2, 0.25) is 0 Å². The number of aryl methyl sites for hydroxylation is 1. The molecule has 3 rings (SSSR count). The van der Waals surface area contributed by atoms with Crippen molar-refractivity contribution in [3.63, 3.8) is 0 Å². The SMILES string of the molecule is CCc1nc2ncccn2c1C1CCCNC1. The fraction of sp³-hybridized carbons (Fsp3) is 0.538. The van der Waals surface area contributed by atoms with E-state index in [0.717, 1.165) is 25.3 Å². The molecule has 0 aliphatic carbocycles. The standard InChI is InChI=1S/C13H18N4/c1-2-11-12(10-5-3-6-14-9-10)17-8-4-7-15-13(17)16-11/h4,7-8,10,14H,2-3,5-6,9H2,1H3. The zero-order chi connectivity index (χ0) is 11.7. The number of aromatic nitrogens is 3. The van der Waals surface area contributed by atoms with Gasteiger partial charge in [0.25, 0.3) is 0 Å². The van der Waals surface area contributed by atoms with Crippen LogP contribution in [-0.4, -0.2) is 27.5 Å². The lowest BCUT2D eigenvalue weighted by molar-refractivity contribution is 0.450. The maximum absolute atomic E-state index is 4.63. The number of hydrogen-bond acceptors (Lipinski definition) is 3. The van der Waals surface area contributed by atoms with Gasteiger partial charge < -0.3 is 5.32 Å². The summed E-state index contributed by atoms with van der Waals surface area (Å²) in [6, 6.07) is 1.98. The van der Waals surface area contributed by atoms with Gasteiger partial charge in [-0.3, -0.25) is 4.40 Å². The van der Waals surface area contributed by atoms with Gasteiger partial charge in [-0.1, -0.05) is 6.92 Å². The Morgan fingerprint density at radius 3 is 3.24 bits per heavy atom. The molecule has 1 atom stereocenters. The first-order valence-corrected chi connectivity index (χ1v) is 6.42. The molecule has 0 amide bonds. The Morgan fingerprint density at radius 1 is 1.53 bits per heavy atom. The molecule has 0 aromatic carbocycles. The highest BCUT2D eigenvalue weighted by molar-refractivity contribution is 5.37. The predicted octanol–water partition coefficient (Wildman–Crippen LogP) is 1.76. The van der Waals surface area contributed by atoms with Gasteiger partial charge in [0.2, 0.25) is 5.78 Å². The maximum atomic E-state index is 4.63. The average molecular weight is 230 g/mol. The van der Waals surface area contributed by atoms with Crippen molar-refractivity contribution in [1.29, 1.82) is 0 Å². The van der Waals surface area contributed by atoms with E-state index in [2.05, 4.69) is 32.8 Å². The number of nitrogens with zero attached hydrogens (tertiary/aromatic N) is 3. The topological polar surface area (TPSA) is 42.2 Å². The Bertz CT molecular complexity index is 511. The molecule has 1 fully saturated rings. The number of nitrogens with one attached hydrogen (secondary N) is 1. The Balaban J connectivity index is 2.11. The molecule has 4 heteroatoms. The monoisotopic (exact) mass is 230 g/mol. The van der Waals surface area contributed by atoms with E-state index in [0.29, 0.717) is 5.92 Å². The van der Waals surface area contributed by atoms with Gasteiger partial charge in [-0.05, 0) is 31.9 Å². The highest BCUT2D eigenvalue weighted by Crippen LogP contribution is 2.27. The summed E-state index contributed by atoms with van der Waals surface area (Å²) in [6.07, 6.45) is 7.38. The first-order valence-electron chi connectivity index (χ1n) is 6.42. The molecule has 1 unspecified atom stereocenters. The van der Waals surface area contributed by atoms with Gasteiger partial charge in [0.1, 0.15) is 0 Å². The maximum Gasteiger partial charge on any atom is 0.234 e. The number of imidazole rings is 1. The Kier molecular flexibility index (Phi) is 2.81. The lowest BCUT2D eigenvalue weighted by Gasteiger charge is -2.23. The van der Waals surface area contributed by atoms with E-state index in [1.165, 1.54) is 24.2 Å². The summed E-state index contributed by atoms with van der Waals surface area (Å²) in [5, 5.41) is 3.48. The highest BCUT2D eigenvalue weighted by atomic mass is 15.1. The molecule has 0 bridgehead atoms. The van der Waals surface area contributed by atoms with Crippen LogP contribution in [0.15, 0.2) is 18.5 Å². The summed E-state index contributed by atoms with van der Waals surface area (Å²) in [4.78, 5) is 8.97. The van der Waals surface area contributed by atoms with Crippen LogP contribution in [0.4, 0.5) is 0 Å². The first kappa shape index (κ1) is 10.7. The molecule has 0 saturated carbocycles. The Morgan fingerprint density at radius 2 is 2.47 bits per heavy atom. The van der Waals surface area contributed by atoms with Gasteiger partial charge in [-0.25, -0.2) is 9.97 Å². The summed E-state index contributed by atoms with van der Waals surface area (Å²) in [5.74, 6) is 1.42. The van der Waals surface area contributed by atoms with E-state index in [1.807, 2.05) is 12.3 Å². The van der Waals surface area contributed by atoms with Crippen LogP contribution in [0.5, 0.6) is 0 Å². The van der Waals surface area contributed by atoms with Crippen molar-refractivity contribution in [1.82, 2.24) is 19.7 Å². The Labute approximate surface area is 101 Å². The minimum Gasteiger partial charge on any atom is -0.316 e. The molecule has 2 aromatic rings. The quantitative estimate of drug-likeness (QED) is 0.854. The number of rotatable bonds is 2. The average Bonchev–Trinajstić information content (AvgIpc) is 2.78. The largest absolute Gasteiger partial charge is 0.316 e. The summed E-state index contributed by atoms with van der Waals surface area (Å²) >= 11 is 0. The molecule has 2 aromatic heterocycles. The van der Waals surface area contributed by atoms with Crippen LogP contribution in [-0.2, 0) is 6.42 Å². The normalized spacial score (nSPS) is 20.9. The molecule has 17 heavy (non-hydrogen) atoms. The lowest BCUT2D eigenvalue weighted by Crippen LogP contribution is -2.29. The van der Waals surface area contributed by atoms with Gasteiger partial charge in [0.05, 0.1) is 11.4 Å². The highest BCUT2D eigenvalue weighted by Gasteiger charge is 2.22. The van der Waals surface area contributed by atoms with Crippen molar-refractivity contribution in [2.24, 2.45) is 0 Å². The van der Waals surface area contributed by atoms with Crippen LogP contribution in [0.1, 0.15) is 37.1 Å². The molecule has 1 aliphatic rings. The van der Waals surface area contributed by atoms with Gasteiger partial charge in [-0.15, -0.1) is 0 Å². The summed E-state index contributed by atoms with van der Waals surface area (Å²) in [7, 11) is 0. The third-order valence-electron chi connectivity index (χ3n) is 3.54.